The van der Waals surface area contributed by atoms with E-state index >= 15 is 0 Å². The Hall–Kier alpha value is -2.06. The predicted octanol–water partition coefficient (Wildman–Crippen LogP) is -0.114. The predicted molar refractivity (Wildman–Crippen MR) is 53.1 cm³/mol. The summed E-state index contributed by atoms with van der Waals surface area (Å²) in [6, 6.07) is 4.68. The second-order valence-electron chi connectivity index (χ2n) is 3.03. The SMILES string of the molecule is CCOC1=c2ccc(O)cc2=NC1=C=O. The van der Waals surface area contributed by atoms with Gasteiger partial charge < -0.3 is 9.84 Å². The number of hydrogen-bond donors (Lipinski definition) is 1. The van der Waals surface area contributed by atoms with Gasteiger partial charge >= 0.3 is 0 Å². The van der Waals surface area contributed by atoms with E-state index in [-0.39, 0.29) is 11.4 Å². The van der Waals surface area contributed by atoms with E-state index in [4.69, 9.17) is 4.74 Å². The minimum Gasteiger partial charge on any atom is -0.508 e. The largest absolute Gasteiger partial charge is 0.508 e. The quantitative estimate of drug-likeness (QED) is 0.682. The Labute approximate surface area is 85.8 Å². The number of hydrogen-bond acceptors (Lipinski definition) is 4. The van der Waals surface area contributed by atoms with Crippen molar-refractivity contribution in [2.75, 3.05) is 6.61 Å². The summed E-state index contributed by atoms with van der Waals surface area (Å²) >= 11 is 0. The number of rotatable bonds is 2. The van der Waals surface area contributed by atoms with E-state index in [2.05, 4.69) is 4.99 Å². The number of carbonyl (C=O) groups excluding carboxylic acids is 1. The standard InChI is InChI=1S/C11H9NO3/c1-2-15-11-8-4-3-7(14)5-9(8)12-10(11)6-13/h3-5,14H,2H2,1H3. The highest BCUT2D eigenvalue weighted by molar-refractivity contribution is 5.75. The van der Waals surface area contributed by atoms with Gasteiger partial charge in [-0.1, -0.05) is 0 Å². The molecule has 0 saturated carbocycles. The van der Waals surface area contributed by atoms with Crippen LogP contribution in [0.5, 0.6) is 5.75 Å². The summed E-state index contributed by atoms with van der Waals surface area (Å²) in [5.74, 6) is 2.27. The van der Waals surface area contributed by atoms with Crippen molar-refractivity contribution in [2.45, 2.75) is 6.92 Å². The summed E-state index contributed by atoms with van der Waals surface area (Å²) in [6.45, 7) is 2.28. The van der Waals surface area contributed by atoms with E-state index in [1.54, 1.807) is 12.0 Å². The first-order valence-corrected chi connectivity index (χ1v) is 4.56. The minimum absolute atomic E-state index is 0.112. The van der Waals surface area contributed by atoms with Crippen molar-refractivity contribution < 1.29 is 14.6 Å². The van der Waals surface area contributed by atoms with Crippen molar-refractivity contribution in [3.8, 4) is 5.75 Å². The van der Waals surface area contributed by atoms with Crippen LogP contribution < -0.4 is 10.6 Å². The molecule has 15 heavy (non-hydrogen) atoms. The molecule has 1 aliphatic rings. The van der Waals surface area contributed by atoms with Crippen molar-refractivity contribution in [3.63, 3.8) is 0 Å². The fourth-order valence-corrected chi connectivity index (χ4v) is 1.46. The van der Waals surface area contributed by atoms with E-state index < -0.39 is 0 Å². The number of aromatic hydroxyl groups is 1. The summed E-state index contributed by atoms with van der Waals surface area (Å²) in [5, 5.41) is 10.5. The Morgan fingerprint density at radius 1 is 1.53 bits per heavy atom. The Morgan fingerprint density at radius 3 is 3.00 bits per heavy atom. The third-order valence-electron chi connectivity index (χ3n) is 2.06. The van der Waals surface area contributed by atoms with Gasteiger partial charge in [-0.25, -0.2) is 9.79 Å². The number of phenolic OH excluding ortho intramolecular Hbond substituents is 1. The van der Waals surface area contributed by atoms with Crippen molar-refractivity contribution in [3.05, 3.63) is 34.5 Å². The van der Waals surface area contributed by atoms with Gasteiger partial charge in [0.1, 0.15) is 5.75 Å². The van der Waals surface area contributed by atoms with Crippen LogP contribution in [0.25, 0.3) is 5.76 Å². The van der Waals surface area contributed by atoms with E-state index in [1.807, 2.05) is 6.92 Å². The summed E-state index contributed by atoms with van der Waals surface area (Å²) in [5.41, 5.74) is 0.150. The maximum atomic E-state index is 10.6. The van der Waals surface area contributed by atoms with Crippen LogP contribution in [0, 0.1) is 0 Å². The molecule has 0 radical (unpaired) electrons. The summed E-state index contributed by atoms with van der Waals surface area (Å²) in [7, 11) is 0. The van der Waals surface area contributed by atoms with Gasteiger partial charge in [0.2, 0.25) is 0 Å². The van der Waals surface area contributed by atoms with Crippen LogP contribution in [0.1, 0.15) is 6.92 Å². The lowest BCUT2D eigenvalue weighted by Gasteiger charge is -2.01. The molecule has 0 saturated heterocycles. The summed E-state index contributed by atoms with van der Waals surface area (Å²) < 4.78 is 5.31. The second-order valence-corrected chi connectivity index (χ2v) is 3.03. The van der Waals surface area contributed by atoms with Crippen molar-refractivity contribution in [2.24, 2.45) is 4.99 Å². The van der Waals surface area contributed by atoms with Gasteiger partial charge in [-0.3, -0.25) is 0 Å². The molecule has 0 aromatic heterocycles. The van der Waals surface area contributed by atoms with E-state index in [0.717, 1.165) is 0 Å². The first-order chi connectivity index (χ1) is 7.26. The fourth-order valence-electron chi connectivity index (χ4n) is 1.46. The molecule has 1 N–H and O–H groups in total. The highest BCUT2D eigenvalue weighted by atomic mass is 16.5. The molecule has 0 amide bonds. The van der Waals surface area contributed by atoms with Crippen molar-refractivity contribution >= 4 is 11.7 Å². The number of ether oxygens (including phenoxy) is 1. The molecule has 1 heterocycles. The highest BCUT2D eigenvalue weighted by Crippen LogP contribution is 2.13. The molecule has 4 nitrogen and oxygen atoms in total. The Kier molecular flexibility index (Phi) is 2.27. The molecule has 1 aliphatic heterocycles. The molecular weight excluding hydrogens is 194 g/mol. The van der Waals surface area contributed by atoms with Crippen molar-refractivity contribution in [1.82, 2.24) is 0 Å². The van der Waals surface area contributed by atoms with Crippen LogP contribution in [0.2, 0.25) is 0 Å². The molecular formula is C11H9NO3. The molecule has 1 aromatic rings. The molecule has 0 bridgehead atoms. The van der Waals surface area contributed by atoms with E-state index in [1.165, 1.54) is 12.1 Å². The summed E-state index contributed by atoms with van der Waals surface area (Å²) in [6.07, 6.45) is 0. The number of nitrogens with zero attached hydrogens (tertiary/aromatic N) is 1. The first-order valence-electron chi connectivity index (χ1n) is 4.56. The van der Waals surface area contributed by atoms with Crippen LogP contribution in [0.4, 0.5) is 0 Å². The lowest BCUT2D eigenvalue weighted by atomic mass is 10.2. The average molecular weight is 203 g/mol. The zero-order valence-electron chi connectivity index (χ0n) is 8.15. The van der Waals surface area contributed by atoms with Crippen LogP contribution >= 0.6 is 0 Å². The molecule has 1 aromatic carbocycles. The van der Waals surface area contributed by atoms with Gasteiger partial charge in [0.15, 0.2) is 17.4 Å². The lowest BCUT2D eigenvalue weighted by molar-refractivity contribution is 0.295. The third-order valence-corrected chi connectivity index (χ3v) is 2.06. The van der Waals surface area contributed by atoms with E-state index in [9.17, 15) is 9.90 Å². The Bertz CT molecular complexity index is 568. The van der Waals surface area contributed by atoms with Crippen LogP contribution in [0.3, 0.4) is 0 Å². The molecule has 2 rings (SSSR count). The molecule has 4 heteroatoms. The second kappa shape index (κ2) is 3.59. The maximum Gasteiger partial charge on any atom is 0.190 e. The van der Waals surface area contributed by atoms with Crippen LogP contribution in [0.15, 0.2) is 28.9 Å². The summed E-state index contributed by atoms with van der Waals surface area (Å²) in [4.78, 5) is 14.6. The topological polar surface area (TPSA) is 58.9 Å². The molecule has 0 fully saturated rings. The van der Waals surface area contributed by atoms with Gasteiger partial charge in [-0.15, -0.1) is 0 Å². The fraction of sp³-hybridized carbons (Fsp3) is 0.182. The van der Waals surface area contributed by atoms with Crippen LogP contribution in [-0.2, 0) is 9.53 Å². The number of benzene rings is 1. The molecule has 76 valence electrons. The van der Waals surface area contributed by atoms with Gasteiger partial charge in [0.05, 0.1) is 12.0 Å². The number of fused-ring (bicyclic) bond motifs is 1. The molecule has 0 spiro atoms. The highest BCUT2D eigenvalue weighted by Gasteiger charge is 2.15. The van der Waals surface area contributed by atoms with E-state index in [0.29, 0.717) is 22.9 Å². The maximum absolute atomic E-state index is 10.6. The van der Waals surface area contributed by atoms with Gasteiger partial charge in [0, 0.05) is 11.3 Å². The van der Waals surface area contributed by atoms with Crippen LogP contribution in [-0.4, -0.2) is 17.7 Å². The molecule has 0 atom stereocenters. The minimum atomic E-state index is 0.112. The van der Waals surface area contributed by atoms with Gasteiger partial charge in [-0.2, -0.15) is 0 Å². The monoisotopic (exact) mass is 203 g/mol. The number of phenols is 1. The molecule has 0 aliphatic carbocycles. The van der Waals surface area contributed by atoms with Gasteiger partial charge in [-0.05, 0) is 19.1 Å². The Morgan fingerprint density at radius 2 is 2.33 bits per heavy atom. The third kappa shape index (κ3) is 1.51. The zero-order chi connectivity index (χ0) is 10.8. The van der Waals surface area contributed by atoms with Crippen molar-refractivity contribution in [1.29, 1.82) is 0 Å². The zero-order valence-corrected chi connectivity index (χ0v) is 8.15. The normalized spacial score (nSPS) is 13.1. The average Bonchev–Trinajstić information content (AvgIpc) is 2.56. The Balaban J connectivity index is 2.76. The molecule has 0 unspecified atom stereocenters. The smallest absolute Gasteiger partial charge is 0.190 e. The first kappa shape index (κ1) is 9.49. The lowest BCUT2D eigenvalue weighted by Crippen LogP contribution is -2.22. The van der Waals surface area contributed by atoms with Gasteiger partial charge in [0.25, 0.3) is 0 Å².